The third-order valence-corrected chi connectivity index (χ3v) is 8.34. The molecule has 1 aliphatic rings. The van der Waals surface area contributed by atoms with Crippen LogP contribution in [0, 0.1) is 7.14 Å². The molecule has 0 radical (unpaired) electrons. The van der Waals surface area contributed by atoms with Crippen LogP contribution in [0.1, 0.15) is 44.9 Å². The predicted octanol–water partition coefficient (Wildman–Crippen LogP) is 4.26. The second-order valence-electron chi connectivity index (χ2n) is 9.00. The molecule has 1 N–H and O–H groups in total. The lowest BCUT2D eigenvalue weighted by Gasteiger charge is -2.26. The number of benzene rings is 2. The highest BCUT2D eigenvalue weighted by atomic mass is 127. The Hall–Kier alpha value is -2.72. The summed E-state index contributed by atoms with van der Waals surface area (Å²) in [6, 6.07) is 10.2. The first-order chi connectivity index (χ1) is 19.0. The molecule has 2 heterocycles. The van der Waals surface area contributed by atoms with Crippen LogP contribution in [0.15, 0.2) is 57.5 Å². The summed E-state index contributed by atoms with van der Waals surface area (Å²) in [7, 11) is 0. The van der Waals surface area contributed by atoms with Crippen molar-refractivity contribution in [3.05, 3.63) is 85.6 Å². The van der Waals surface area contributed by atoms with Gasteiger partial charge in [-0.15, -0.1) is 0 Å². The van der Waals surface area contributed by atoms with Crippen molar-refractivity contribution < 1.29 is 28.9 Å². The Morgan fingerprint density at radius 3 is 2.50 bits per heavy atom. The number of carboxylic acid groups (broad SMARTS) is 1. The van der Waals surface area contributed by atoms with Crippen molar-refractivity contribution in [2.24, 2.45) is 4.99 Å². The number of carboxylic acids is 1. The second-order valence-corrected chi connectivity index (χ2v) is 12.3. The van der Waals surface area contributed by atoms with Gasteiger partial charge in [-0.1, -0.05) is 29.5 Å². The molecule has 3 aromatic rings. The van der Waals surface area contributed by atoms with Gasteiger partial charge in [0, 0.05) is 5.56 Å². The van der Waals surface area contributed by atoms with Crippen LogP contribution in [0.25, 0.3) is 6.08 Å². The first-order valence-corrected chi connectivity index (χ1v) is 15.3. The maximum atomic E-state index is 14.0. The fourth-order valence-electron chi connectivity index (χ4n) is 4.24. The summed E-state index contributed by atoms with van der Waals surface area (Å²) in [5.74, 6) is -0.569. The van der Waals surface area contributed by atoms with Gasteiger partial charge in [-0.05, 0) is 103 Å². The number of carbonyl (C=O) groups is 2. The molecule has 0 unspecified atom stereocenters. The van der Waals surface area contributed by atoms with Crippen LogP contribution in [0.2, 0.25) is 0 Å². The number of allylic oxidation sites excluding steroid dienone is 1. The summed E-state index contributed by atoms with van der Waals surface area (Å²) in [6.07, 6.45) is 1.63. The second kappa shape index (κ2) is 12.9. The fourth-order valence-corrected chi connectivity index (χ4v) is 7.41. The number of rotatable bonds is 9. The van der Waals surface area contributed by atoms with Crippen LogP contribution in [0.3, 0.4) is 0 Å². The lowest BCUT2D eigenvalue weighted by Crippen LogP contribution is -2.40. The van der Waals surface area contributed by atoms with Crippen molar-refractivity contribution in [3.63, 3.8) is 0 Å². The number of ether oxygens (including phenoxy) is 3. The quantitative estimate of drug-likeness (QED) is 0.255. The minimum absolute atomic E-state index is 0.125. The molecule has 0 saturated carbocycles. The van der Waals surface area contributed by atoms with E-state index in [4.69, 9.17) is 19.3 Å². The van der Waals surface area contributed by atoms with Crippen molar-refractivity contribution in [2.45, 2.75) is 39.8 Å². The van der Waals surface area contributed by atoms with E-state index in [9.17, 15) is 14.4 Å². The van der Waals surface area contributed by atoms with E-state index in [0.717, 1.165) is 5.56 Å². The van der Waals surface area contributed by atoms with Crippen molar-refractivity contribution >= 4 is 74.5 Å². The van der Waals surface area contributed by atoms with Crippen LogP contribution >= 0.6 is 56.5 Å². The molecule has 1 aromatic heterocycles. The van der Waals surface area contributed by atoms with E-state index in [0.29, 0.717) is 39.2 Å². The van der Waals surface area contributed by atoms with Gasteiger partial charge < -0.3 is 19.3 Å². The number of thiazole rings is 1. The zero-order valence-corrected chi connectivity index (χ0v) is 27.2. The number of halogens is 2. The standard InChI is InChI=1S/C28H26I2N2O7S/c1-5-37-27(36)23-15(4)31-28-32(24(23)17-8-6-7-9-20(17)39-14(2)3)26(35)21(40-28)12-16-10-18(29)25(19(30)11-16)38-13-22(33)34/h6-12,14,24H,5,13H2,1-4H3,(H,33,34)/b21-12+/t24-/m1/s1. The van der Waals surface area contributed by atoms with E-state index in [1.54, 1.807) is 19.9 Å². The summed E-state index contributed by atoms with van der Waals surface area (Å²) in [4.78, 5) is 43.2. The molecular formula is C28H26I2N2O7S. The molecule has 0 fully saturated rings. The third-order valence-electron chi connectivity index (χ3n) is 5.75. The Labute approximate surface area is 261 Å². The van der Waals surface area contributed by atoms with E-state index in [1.807, 2.05) is 50.2 Å². The highest BCUT2D eigenvalue weighted by Gasteiger charge is 2.35. The molecule has 210 valence electrons. The van der Waals surface area contributed by atoms with E-state index in [-0.39, 0.29) is 23.8 Å². The number of fused-ring (bicyclic) bond motifs is 1. The largest absolute Gasteiger partial charge is 0.491 e. The zero-order chi connectivity index (χ0) is 29.1. The van der Waals surface area contributed by atoms with Gasteiger partial charge in [-0.3, -0.25) is 9.36 Å². The third kappa shape index (κ3) is 6.43. The van der Waals surface area contributed by atoms with Gasteiger partial charge in [0.2, 0.25) is 0 Å². The molecule has 4 rings (SSSR count). The van der Waals surface area contributed by atoms with Gasteiger partial charge in [0.25, 0.3) is 5.56 Å². The maximum absolute atomic E-state index is 14.0. The van der Waals surface area contributed by atoms with Crippen LogP contribution < -0.4 is 24.4 Å². The molecule has 40 heavy (non-hydrogen) atoms. The van der Waals surface area contributed by atoms with E-state index < -0.39 is 24.6 Å². The number of hydrogen-bond donors (Lipinski definition) is 1. The van der Waals surface area contributed by atoms with Crippen LogP contribution in [0.4, 0.5) is 0 Å². The minimum Gasteiger partial charge on any atom is -0.491 e. The summed E-state index contributed by atoms with van der Waals surface area (Å²) < 4.78 is 20.3. The average Bonchev–Trinajstić information content (AvgIpc) is 3.16. The molecule has 0 spiro atoms. The SMILES string of the molecule is CCOC(=O)C1=C(C)N=c2s/c(=C/c3cc(I)c(OCC(=O)O)c(I)c3)c(=O)n2[C@@H]1c1ccccc1OC(C)C. The Kier molecular flexibility index (Phi) is 9.72. The Morgan fingerprint density at radius 2 is 1.88 bits per heavy atom. The van der Waals surface area contributed by atoms with Gasteiger partial charge in [-0.25, -0.2) is 14.6 Å². The van der Waals surface area contributed by atoms with Gasteiger partial charge in [0.15, 0.2) is 11.4 Å². The van der Waals surface area contributed by atoms with E-state index in [1.165, 1.54) is 15.9 Å². The Morgan fingerprint density at radius 1 is 1.20 bits per heavy atom. The summed E-state index contributed by atoms with van der Waals surface area (Å²) in [6.45, 7) is 7.03. The molecule has 0 bridgehead atoms. The van der Waals surface area contributed by atoms with Crippen LogP contribution in [0.5, 0.6) is 11.5 Å². The topological polar surface area (TPSA) is 116 Å². The van der Waals surface area contributed by atoms with Gasteiger partial charge >= 0.3 is 11.9 Å². The number of nitrogens with zero attached hydrogens (tertiary/aromatic N) is 2. The summed E-state index contributed by atoms with van der Waals surface area (Å²) >= 11 is 5.38. The first-order valence-electron chi connectivity index (χ1n) is 12.3. The highest BCUT2D eigenvalue weighted by molar-refractivity contribution is 14.1. The molecule has 12 heteroatoms. The number of esters is 1. The monoisotopic (exact) mass is 788 g/mol. The predicted molar refractivity (Wildman–Crippen MR) is 168 cm³/mol. The van der Waals surface area contributed by atoms with Crippen LogP contribution in [-0.2, 0) is 14.3 Å². The number of aromatic nitrogens is 1. The molecule has 9 nitrogen and oxygen atoms in total. The van der Waals surface area contributed by atoms with Crippen molar-refractivity contribution in [1.82, 2.24) is 4.57 Å². The minimum atomic E-state index is -1.07. The lowest BCUT2D eigenvalue weighted by molar-refractivity contribution is -0.140. The summed E-state index contributed by atoms with van der Waals surface area (Å²) in [5, 5.41) is 8.96. The molecule has 0 amide bonds. The molecule has 1 atom stereocenters. The molecule has 2 aromatic carbocycles. The van der Waals surface area contributed by atoms with E-state index >= 15 is 0 Å². The number of aliphatic carboxylic acids is 1. The first kappa shape index (κ1) is 30.2. The van der Waals surface area contributed by atoms with E-state index in [2.05, 4.69) is 50.2 Å². The Bertz CT molecular complexity index is 1670. The van der Waals surface area contributed by atoms with Crippen LogP contribution in [-0.4, -0.2) is 40.9 Å². The number of hydrogen-bond acceptors (Lipinski definition) is 8. The average molecular weight is 788 g/mol. The zero-order valence-electron chi connectivity index (χ0n) is 22.1. The normalized spacial score (nSPS) is 15.1. The molecule has 0 saturated heterocycles. The summed E-state index contributed by atoms with van der Waals surface area (Å²) in [5.41, 5.74) is 1.84. The lowest BCUT2D eigenvalue weighted by atomic mass is 9.95. The highest BCUT2D eigenvalue weighted by Crippen LogP contribution is 2.36. The smallest absolute Gasteiger partial charge is 0.341 e. The molecular weight excluding hydrogens is 762 g/mol. The fraction of sp³-hybridized carbons (Fsp3) is 0.286. The van der Waals surface area contributed by atoms with Gasteiger partial charge in [0.1, 0.15) is 17.5 Å². The Balaban J connectivity index is 1.91. The van der Waals surface area contributed by atoms with Gasteiger partial charge in [0.05, 0.1) is 35.7 Å². The number of para-hydroxylation sites is 1. The van der Waals surface area contributed by atoms with Crippen molar-refractivity contribution in [2.75, 3.05) is 13.2 Å². The van der Waals surface area contributed by atoms with Crippen molar-refractivity contribution in [1.29, 1.82) is 0 Å². The van der Waals surface area contributed by atoms with Crippen molar-refractivity contribution in [3.8, 4) is 11.5 Å². The molecule has 0 aliphatic carbocycles. The van der Waals surface area contributed by atoms with Gasteiger partial charge in [-0.2, -0.15) is 0 Å². The maximum Gasteiger partial charge on any atom is 0.341 e. The molecule has 1 aliphatic heterocycles. The number of carbonyl (C=O) groups excluding carboxylic acids is 1.